The predicted molar refractivity (Wildman–Crippen MR) is 78.5 cm³/mol. The van der Waals surface area contributed by atoms with Crippen molar-refractivity contribution >= 4 is 0 Å². The fourth-order valence-electron chi connectivity index (χ4n) is 3.64. The fraction of sp³-hybridized carbons (Fsp3) is 0.647. The Morgan fingerprint density at radius 1 is 1.26 bits per heavy atom. The minimum absolute atomic E-state index is 0.652. The van der Waals surface area contributed by atoms with E-state index in [0.29, 0.717) is 6.04 Å². The van der Waals surface area contributed by atoms with Crippen LogP contribution in [-0.2, 0) is 11.2 Å². The summed E-state index contributed by atoms with van der Waals surface area (Å²) in [6.07, 6.45) is 4.92. The third kappa shape index (κ3) is 2.70. The summed E-state index contributed by atoms with van der Waals surface area (Å²) in [6, 6.07) is 9.61. The third-order valence-corrected chi connectivity index (χ3v) is 4.73. The molecule has 3 rings (SSSR count). The van der Waals surface area contributed by atoms with E-state index in [4.69, 9.17) is 4.74 Å². The zero-order chi connectivity index (χ0) is 13.1. The van der Waals surface area contributed by atoms with Crippen molar-refractivity contribution in [3.8, 4) is 0 Å². The van der Waals surface area contributed by atoms with Crippen LogP contribution in [0, 0.1) is 5.92 Å². The van der Waals surface area contributed by atoms with E-state index in [2.05, 4.69) is 36.5 Å². The highest BCUT2D eigenvalue weighted by Crippen LogP contribution is 2.41. The number of ether oxygens (including phenoxy) is 1. The van der Waals surface area contributed by atoms with Crippen LogP contribution in [0.3, 0.4) is 0 Å². The first kappa shape index (κ1) is 13.1. The van der Waals surface area contributed by atoms with E-state index in [1.807, 2.05) is 0 Å². The van der Waals surface area contributed by atoms with Crippen LogP contribution in [0.25, 0.3) is 0 Å². The molecule has 2 aliphatic rings. The van der Waals surface area contributed by atoms with E-state index in [1.54, 1.807) is 11.1 Å². The van der Waals surface area contributed by atoms with Gasteiger partial charge in [-0.1, -0.05) is 31.2 Å². The number of benzene rings is 1. The van der Waals surface area contributed by atoms with Gasteiger partial charge in [0.2, 0.25) is 0 Å². The highest BCUT2D eigenvalue weighted by atomic mass is 16.5. The van der Waals surface area contributed by atoms with Gasteiger partial charge in [0.25, 0.3) is 0 Å². The molecule has 0 aromatic heterocycles. The minimum Gasteiger partial charge on any atom is -0.381 e. The molecule has 0 bridgehead atoms. The second-order valence-electron chi connectivity index (χ2n) is 5.94. The average molecular weight is 259 g/mol. The standard InChI is InChI=1S/C17H25NO/c1-2-9-18-17(13-7-10-19-11-8-13)16-12-14-5-3-4-6-15(14)16/h3-6,13,16-18H,2,7-12H2,1H3. The fourth-order valence-corrected chi connectivity index (χ4v) is 3.64. The predicted octanol–water partition coefficient (Wildman–Crippen LogP) is 3.12. The lowest BCUT2D eigenvalue weighted by Gasteiger charge is -2.42. The lowest BCUT2D eigenvalue weighted by atomic mass is 9.69. The lowest BCUT2D eigenvalue weighted by Crippen LogP contribution is -2.47. The summed E-state index contributed by atoms with van der Waals surface area (Å²) in [6.45, 7) is 5.29. The van der Waals surface area contributed by atoms with Gasteiger partial charge in [0.05, 0.1) is 0 Å². The SMILES string of the molecule is CCCNC(C1CCOCC1)C1Cc2ccccc21. The summed E-state index contributed by atoms with van der Waals surface area (Å²) in [5.74, 6) is 1.52. The van der Waals surface area contributed by atoms with Crippen molar-refractivity contribution in [3.63, 3.8) is 0 Å². The van der Waals surface area contributed by atoms with Gasteiger partial charge in [-0.2, -0.15) is 0 Å². The van der Waals surface area contributed by atoms with Crippen molar-refractivity contribution in [3.05, 3.63) is 35.4 Å². The van der Waals surface area contributed by atoms with Gasteiger partial charge in [-0.05, 0) is 49.3 Å². The van der Waals surface area contributed by atoms with Crippen LogP contribution in [0.1, 0.15) is 43.2 Å². The van der Waals surface area contributed by atoms with Gasteiger partial charge in [-0.3, -0.25) is 0 Å². The minimum atomic E-state index is 0.652. The third-order valence-electron chi connectivity index (χ3n) is 4.73. The van der Waals surface area contributed by atoms with Crippen molar-refractivity contribution in [1.29, 1.82) is 0 Å². The molecule has 1 aliphatic heterocycles. The first-order valence-corrected chi connectivity index (χ1v) is 7.79. The van der Waals surface area contributed by atoms with E-state index >= 15 is 0 Å². The number of rotatable bonds is 5. The van der Waals surface area contributed by atoms with Crippen LogP contribution in [0.15, 0.2) is 24.3 Å². The van der Waals surface area contributed by atoms with Gasteiger partial charge in [0.15, 0.2) is 0 Å². The zero-order valence-corrected chi connectivity index (χ0v) is 11.9. The maximum absolute atomic E-state index is 5.53. The summed E-state index contributed by atoms with van der Waals surface area (Å²) in [5.41, 5.74) is 3.14. The molecule has 1 heterocycles. The molecule has 0 amide bonds. The molecule has 1 fully saturated rings. The van der Waals surface area contributed by atoms with Gasteiger partial charge in [0, 0.05) is 25.2 Å². The monoisotopic (exact) mass is 259 g/mol. The molecule has 2 heteroatoms. The molecule has 19 heavy (non-hydrogen) atoms. The van der Waals surface area contributed by atoms with E-state index in [1.165, 1.54) is 25.7 Å². The van der Waals surface area contributed by atoms with E-state index < -0.39 is 0 Å². The molecule has 1 aromatic rings. The summed E-state index contributed by atoms with van der Waals surface area (Å²) in [4.78, 5) is 0. The van der Waals surface area contributed by atoms with Crippen molar-refractivity contribution in [2.45, 2.75) is 44.6 Å². The first-order valence-electron chi connectivity index (χ1n) is 7.79. The Morgan fingerprint density at radius 2 is 2.05 bits per heavy atom. The molecule has 0 spiro atoms. The largest absolute Gasteiger partial charge is 0.381 e. The highest BCUT2D eigenvalue weighted by molar-refractivity contribution is 5.41. The normalized spacial score (nSPS) is 24.6. The number of fused-ring (bicyclic) bond motifs is 1. The quantitative estimate of drug-likeness (QED) is 0.877. The Labute approximate surface area is 116 Å². The summed E-state index contributed by atoms with van der Waals surface area (Å²) >= 11 is 0. The molecule has 2 unspecified atom stereocenters. The van der Waals surface area contributed by atoms with E-state index in [-0.39, 0.29) is 0 Å². The Kier molecular flexibility index (Phi) is 4.19. The molecule has 1 saturated heterocycles. The maximum atomic E-state index is 5.53. The Hall–Kier alpha value is -0.860. The van der Waals surface area contributed by atoms with Crippen LogP contribution in [-0.4, -0.2) is 25.8 Å². The molecule has 1 N–H and O–H groups in total. The average Bonchev–Trinajstić information content (AvgIpc) is 2.45. The summed E-state index contributed by atoms with van der Waals surface area (Å²) < 4.78 is 5.53. The Balaban J connectivity index is 1.72. The van der Waals surface area contributed by atoms with Crippen LogP contribution < -0.4 is 5.32 Å². The zero-order valence-electron chi connectivity index (χ0n) is 11.9. The molecule has 0 radical (unpaired) electrons. The van der Waals surface area contributed by atoms with Crippen molar-refractivity contribution in [1.82, 2.24) is 5.32 Å². The summed E-state index contributed by atoms with van der Waals surface area (Å²) in [5, 5.41) is 3.83. The number of hydrogen-bond acceptors (Lipinski definition) is 2. The molecule has 0 saturated carbocycles. The van der Waals surface area contributed by atoms with Gasteiger partial charge in [-0.15, -0.1) is 0 Å². The van der Waals surface area contributed by atoms with Gasteiger partial charge >= 0.3 is 0 Å². The molecular formula is C17H25NO. The second kappa shape index (κ2) is 6.06. The molecule has 1 aromatic carbocycles. The van der Waals surface area contributed by atoms with E-state index in [9.17, 15) is 0 Å². The van der Waals surface area contributed by atoms with Gasteiger partial charge < -0.3 is 10.1 Å². The molecule has 104 valence electrons. The molecule has 2 nitrogen and oxygen atoms in total. The Morgan fingerprint density at radius 3 is 2.79 bits per heavy atom. The molecule has 1 aliphatic carbocycles. The van der Waals surface area contributed by atoms with Crippen LogP contribution in [0.4, 0.5) is 0 Å². The van der Waals surface area contributed by atoms with Crippen molar-refractivity contribution in [2.75, 3.05) is 19.8 Å². The Bertz CT molecular complexity index is 411. The second-order valence-corrected chi connectivity index (χ2v) is 5.94. The smallest absolute Gasteiger partial charge is 0.0469 e. The van der Waals surface area contributed by atoms with Gasteiger partial charge in [-0.25, -0.2) is 0 Å². The number of nitrogens with one attached hydrogen (secondary N) is 1. The lowest BCUT2D eigenvalue weighted by molar-refractivity contribution is 0.0485. The van der Waals surface area contributed by atoms with Crippen LogP contribution in [0.5, 0.6) is 0 Å². The summed E-state index contributed by atoms with van der Waals surface area (Å²) in [7, 11) is 0. The van der Waals surface area contributed by atoms with Crippen molar-refractivity contribution < 1.29 is 4.74 Å². The van der Waals surface area contributed by atoms with Crippen molar-refractivity contribution in [2.24, 2.45) is 5.92 Å². The van der Waals surface area contributed by atoms with Crippen LogP contribution in [0.2, 0.25) is 0 Å². The van der Waals surface area contributed by atoms with Crippen LogP contribution >= 0.6 is 0 Å². The molecular weight excluding hydrogens is 234 g/mol. The van der Waals surface area contributed by atoms with E-state index in [0.717, 1.165) is 31.6 Å². The maximum Gasteiger partial charge on any atom is 0.0469 e. The highest BCUT2D eigenvalue weighted by Gasteiger charge is 2.37. The molecule has 2 atom stereocenters. The first-order chi connectivity index (χ1) is 9.40. The number of hydrogen-bond donors (Lipinski definition) is 1. The topological polar surface area (TPSA) is 21.3 Å². The van der Waals surface area contributed by atoms with Gasteiger partial charge in [0.1, 0.15) is 0 Å².